The van der Waals surface area contributed by atoms with E-state index in [4.69, 9.17) is 0 Å². The van der Waals surface area contributed by atoms with Gasteiger partial charge in [-0.3, -0.25) is 0 Å². The minimum absolute atomic E-state index is 0.778. The maximum atomic E-state index is 3.41. The maximum Gasteiger partial charge on any atom is 0.00668 e. The lowest BCUT2D eigenvalue weighted by Gasteiger charge is -2.08. The van der Waals surface area contributed by atoms with Crippen LogP contribution in [0.5, 0.6) is 0 Å². The summed E-state index contributed by atoms with van der Waals surface area (Å²) in [5.41, 5.74) is 0. The standard InChI is InChI=1S/C7H15N/c1-3-8-6(2)7-4-5-7/h6-8H,3-5H2,1-2H3/t6-/m0/s1. The third kappa shape index (κ3) is 1.48. The van der Waals surface area contributed by atoms with E-state index in [1.807, 2.05) is 0 Å². The predicted octanol–water partition coefficient (Wildman–Crippen LogP) is 1.39. The van der Waals surface area contributed by atoms with Crippen molar-refractivity contribution in [2.75, 3.05) is 6.54 Å². The summed E-state index contributed by atoms with van der Waals surface area (Å²) in [4.78, 5) is 0. The Labute approximate surface area is 51.5 Å². The van der Waals surface area contributed by atoms with Crippen molar-refractivity contribution in [2.45, 2.75) is 32.7 Å². The Bertz CT molecular complexity index is 66.8. The van der Waals surface area contributed by atoms with E-state index in [0.29, 0.717) is 0 Å². The summed E-state index contributed by atoms with van der Waals surface area (Å²) in [6, 6.07) is 0.778. The second-order valence-electron chi connectivity index (χ2n) is 2.68. The van der Waals surface area contributed by atoms with E-state index in [9.17, 15) is 0 Å². The van der Waals surface area contributed by atoms with E-state index in [-0.39, 0.29) is 0 Å². The lowest BCUT2D eigenvalue weighted by atomic mass is 10.2. The summed E-state index contributed by atoms with van der Waals surface area (Å²) in [5.74, 6) is 1.01. The van der Waals surface area contributed by atoms with Crippen molar-refractivity contribution >= 4 is 0 Å². The van der Waals surface area contributed by atoms with Gasteiger partial charge in [-0.05, 0) is 32.2 Å². The van der Waals surface area contributed by atoms with Crippen LogP contribution in [0.15, 0.2) is 0 Å². The van der Waals surface area contributed by atoms with Crippen molar-refractivity contribution in [2.24, 2.45) is 5.92 Å². The van der Waals surface area contributed by atoms with Crippen LogP contribution < -0.4 is 5.32 Å². The number of hydrogen-bond donors (Lipinski definition) is 1. The van der Waals surface area contributed by atoms with Crippen LogP contribution in [0.4, 0.5) is 0 Å². The highest BCUT2D eigenvalue weighted by Crippen LogP contribution is 2.31. The summed E-state index contributed by atoms with van der Waals surface area (Å²) >= 11 is 0. The fourth-order valence-electron chi connectivity index (χ4n) is 1.08. The topological polar surface area (TPSA) is 12.0 Å². The molecule has 0 spiro atoms. The molecular formula is C7H15N. The van der Waals surface area contributed by atoms with Gasteiger partial charge in [0.05, 0.1) is 0 Å². The van der Waals surface area contributed by atoms with Gasteiger partial charge >= 0.3 is 0 Å². The monoisotopic (exact) mass is 113 g/mol. The molecule has 0 saturated heterocycles. The lowest BCUT2D eigenvalue weighted by molar-refractivity contribution is 0.512. The molecule has 1 saturated carbocycles. The highest BCUT2D eigenvalue weighted by atomic mass is 14.9. The zero-order chi connectivity index (χ0) is 5.98. The number of rotatable bonds is 3. The molecule has 0 heterocycles. The Hall–Kier alpha value is -0.0400. The van der Waals surface area contributed by atoms with Crippen molar-refractivity contribution in [3.05, 3.63) is 0 Å². The van der Waals surface area contributed by atoms with Crippen LogP contribution in [0.2, 0.25) is 0 Å². The number of hydrogen-bond acceptors (Lipinski definition) is 1. The van der Waals surface area contributed by atoms with E-state index in [1.54, 1.807) is 0 Å². The third-order valence-electron chi connectivity index (χ3n) is 1.86. The molecular weight excluding hydrogens is 98.1 g/mol. The van der Waals surface area contributed by atoms with Crippen molar-refractivity contribution in [3.8, 4) is 0 Å². The van der Waals surface area contributed by atoms with Crippen LogP contribution in [0.25, 0.3) is 0 Å². The van der Waals surface area contributed by atoms with Crippen molar-refractivity contribution < 1.29 is 0 Å². The highest BCUT2D eigenvalue weighted by molar-refractivity contribution is 4.82. The van der Waals surface area contributed by atoms with Gasteiger partial charge in [0.2, 0.25) is 0 Å². The Morgan fingerprint density at radius 3 is 2.62 bits per heavy atom. The van der Waals surface area contributed by atoms with Gasteiger partial charge in [0, 0.05) is 6.04 Å². The normalized spacial score (nSPS) is 23.2. The van der Waals surface area contributed by atoms with Crippen LogP contribution in [0.1, 0.15) is 26.7 Å². The molecule has 0 amide bonds. The zero-order valence-corrected chi connectivity index (χ0v) is 5.78. The molecule has 0 bridgehead atoms. The molecule has 1 fully saturated rings. The average Bonchev–Trinajstić information content (AvgIpc) is 2.45. The molecule has 0 aliphatic heterocycles. The summed E-state index contributed by atoms with van der Waals surface area (Å²) in [6.45, 7) is 5.57. The molecule has 8 heavy (non-hydrogen) atoms. The lowest BCUT2D eigenvalue weighted by Crippen LogP contribution is -2.27. The van der Waals surface area contributed by atoms with Gasteiger partial charge in [-0.1, -0.05) is 6.92 Å². The molecule has 1 nitrogen and oxygen atoms in total. The van der Waals surface area contributed by atoms with E-state index in [0.717, 1.165) is 18.5 Å². The molecule has 1 aliphatic carbocycles. The van der Waals surface area contributed by atoms with Crippen molar-refractivity contribution in [1.29, 1.82) is 0 Å². The van der Waals surface area contributed by atoms with Crippen LogP contribution in [0, 0.1) is 5.92 Å². The second kappa shape index (κ2) is 2.49. The molecule has 1 aliphatic rings. The van der Waals surface area contributed by atoms with Crippen LogP contribution in [-0.2, 0) is 0 Å². The van der Waals surface area contributed by atoms with E-state index >= 15 is 0 Å². The Kier molecular flexibility index (Phi) is 1.90. The predicted molar refractivity (Wildman–Crippen MR) is 35.9 cm³/mol. The van der Waals surface area contributed by atoms with Gasteiger partial charge in [0.15, 0.2) is 0 Å². The summed E-state index contributed by atoms with van der Waals surface area (Å²) in [5, 5.41) is 3.41. The highest BCUT2D eigenvalue weighted by Gasteiger charge is 2.26. The van der Waals surface area contributed by atoms with Gasteiger partial charge in [-0.2, -0.15) is 0 Å². The fraction of sp³-hybridized carbons (Fsp3) is 1.00. The Balaban J connectivity index is 2.03. The molecule has 0 aromatic carbocycles. The quantitative estimate of drug-likeness (QED) is 0.583. The van der Waals surface area contributed by atoms with Crippen LogP contribution >= 0.6 is 0 Å². The van der Waals surface area contributed by atoms with Gasteiger partial charge in [0.1, 0.15) is 0 Å². The SMILES string of the molecule is CCN[C@@H](C)C1CC1. The summed E-state index contributed by atoms with van der Waals surface area (Å²) in [7, 11) is 0. The average molecular weight is 113 g/mol. The molecule has 0 aromatic heterocycles. The maximum absolute atomic E-state index is 3.41. The first-order chi connectivity index (χ1) is 3.84. The molecule has 1 N–H and O–H groups in total. The van der Waals surface area contributed by atoms with Gasteiger partial charge < -0.3 is 5.32 Å². The first-order valence-electron chi connectivity index (χ1n) is 3.58. The van der Waals surface area contributed by atoms with Gasteiger partial charge in [0.25, 0.3) is 0 Å². The fourth-order valence-corrected chi connectivity index (χ4v) is 1.08. The molecule has 48 valence electrons. The Morgan fingerprint density at radius 2 is 2.25 bits per heavy atom. The smallest absolute Gasteiger partial charge is 0.00668 e. The minimum atomic E-state index is 0.778. The molecule has 0 radical (unpaired) electrons. The van der Waals surface area contributed by atoms with E-state index < -0.39 is 0 Å². The van der Waals surface area contributed by atoms with E-state index in [2.05, 4.69) is 19.2 Å². The molecule has 1 heteroatoms. The van der Waals surface area contributed by atoms with Crippen LogP contribution in [0.3, 0.4) is 0 Å². The van der Waals surface area contributed by atoms with Crippen LogP contribution in [-0.4, -0.2) is 12.6 Å². The molecule has 0 aromatic rings. The molecule has 1 atom stereocenters. The van der Waals surface area contributed by atoms with Gasteiger partial charge in [-0.25, -0.2) is 0 Å². The zero-order valence-electron chi connectivity index (χ0n) is 5.78. The first kappa shape index (κ1) is 6.09. The first-order valence-corrected chi connectivity index (χ1v) is 3.58. The van der Waals surface area contributed by atoms with Crippen molar-refractivity contribution in [3.63, 3.8) is 0 Å². The Morgan fingerprint density at radius 1 is 1.62 bits per heavy atom. The minimum Gasteiger partial charge on any atom is -0.314 e. The van der Waals surface area contributed by atoms with Gasteiger partial charge in [-0.15, -0.1) is 0 Å². The largest absolute Gasteiger partial charge is 0.314 e. The summed E-state index contributed by atoms with van der Waals surface area (Å²) in [6.07, 6.45) is 2.91. The van der Waals surface area contributed by atoms with Crippen molar-refractivity contribution in [1.82, 2.24) is 5.32 Å². The second-order valence-corrected chi connectivity index (χ2v) is 2.68. The summed E-state index contributed by atoms with van der Waals surface area (Å²) < 4.78 is 0. The molecule has 0 unspecified atom stereocenters. The molecule has 1 rings (SSSR count). The number of nitrogens with one attached hydrogen (secondary N) is 1. The van der Waals surface area contributed by atoms with E-state index in [1.165, 1.54) is 12.8 Å². The third-order valence-corrected chi connectivity index (χ3v) is 1.86.